The van der Waals surface area contributed by atoms with Crippen LogP contribution in [0.3, 0.4) is 0 Å². The van der Waals surface area contributed by atoms with Crippen molar-refractivity contribution in [2.24, 2.45) is 5.73 Å². The normalized spacial score (nSPS) is 14.6. The molecule has 0 bridgehead atoms. The van der Waals surface area contributed by atoms with Crippen LogP contribution in [0.4, 0.5) is 0 Å². The maximum absolute atomic E-state index is 5.86. The lowest BCUT2D eigenvalue weighted by molar-refractivity contribution is 0.241. The van der Waals surface area contributed by atoms with Gasteiger partial charge in [0.15, 0.2) is 0 Å². The van der Waals surface area contributed by atoms with Crippen LogP contribution in [-0.4, -0.2) is 17.1 Å². The standard InChI is InChI=1S/C13H20N2O/c1-5-12(10(4)14)13-7-6-11(8-15-13)16-9(2)3/h5-10,12H,1,14H2,2-4H3. The van der Waals surface area contributed by atoms with E-state index in [0.717, 1.165) is 11.4 Å². The summed E-state index contributed by atoms with van der Waals surface area (Å²) in [6.45, 7) is 9.71. The zero-order valence-corrected chi connectivity index (χ0v) is 10.2. The summed E-state index contributed by atoms with van der Waals surface area (Å²) >= 11 is 0. The van der Waals surface area contributed by atoms with Crippen molar-refractivity contribution in [3.63, 3.8) is 0 Å². The minimum Gasteiger partial charge on any atom is -0.489 e. The number of nitrogens with two attached hydrogens (primary N) is 1. The van der Waals surface area contributed by atoms with E-state index in [1.54, 1.807) is 6.20 Å². The molecule has 0 amide bonds. The van der Waals surface area contributed by atoms with E-state index in [2.05, 4.69) is 11.6 Å². The number of nitrogens with zero attached hydrogens (tertiary/aromatic N) is 1. The van der Waals surface area contributed by atoms with E-state index in [-0.39, 0.29) is 18.1 Å². The molecular weight excluding hydrogens is 200 g/mol. The molecule has 0 saturated carbocycles. The number of ether oxygens (including phenoxy) is 1. The van der Waals surface area contributed by atoms with Crippen molar-refractivity contribution in [3.8, 4) is 5.75 Å². The molecule has 3 heteroatoms. The van der Waals surface area contributed by atoms with Crippen molar-refractivity contribution in [2.45, 2.75) is 38.8 Å². The van der Waals surface area contributed by atoms with Crippen molar-refractivity contribution in [2.75, 3.05) is 0 Å². The van der Waals surface area contributed by atoms with E-state index in [0.29, 0.717) is 0 Å². The topological polar surface area (TPSA) is 48.1 Å². The Bertz CT molecular complexity index is 330. The molecule has 0 aliphatic rings. The summed E-state index contributed by atoms with van der Waals surface area (Å²) in [5, 5.41) is 0. The van der Waals surface area contributed by atoms with E-state index in [4.69, 9.17) is 10.5 Å². The van der Waals surface area contributed by atoms with E-state index >= 15 is 0 Å². The SMILES string of the molecule is C=CC(c1ccc(OC(C)C)cn1)C(C)N. The van der Waals surface area contributed by atoms with E-state index in [9.17, 15) is 0 Å². The van der Waals surface area contributed by atoms with Gasteiger partial charge in [0.25, 0.3) is 0 Å². The predicted molar refractivity (Wildman–Crippen MR) is 66.6 cm³/mol. The molecule has 1 aromatic rings. The smallest absolute Gasteiger partial charge is 0.137 e. The van der Waals surface area contributed by atoms with Crippen LogP contribution < -0.4 is 10.5 Å². The highest BCUT2D eigenvalue weighted by Gasteiger charge is 2.13. The van der Waals surface area contributed by atoms with Crippen molar-refractivity contribution < 1.29 is 4.74 Å². The Balaban J connectivity index is 2.81. The number of pyridine rings is 1. The van der Waals surface area contributed by atoms with E-state index in [1.807, 2.05) is 39.0 Å². The fourth-order valence-electron chi connectivity index (χ4n) is 1.54. The van der Waals surface area contributed by atoms with Crippen molar-refractivity contribution in [3.05, 3.63) is 36.7 Å². The average molecular weight is 220 g/mol. The first-order valence-electron chi connectivity index (χ1n) is 5.55. The number of aromatic nitrogens is 1. The second-order valence-electron chi connectivity index (χ2n) is 4.21. The Morgan fingerprint density at radius 3 is 2.44 bits per heavy atom. The van der Waals surface area contributed by atoms with Gasteiger partial charge in [0.05, 0.1) is 12.3 Å². The molecule has 0 aliphatic carbocycles. The summed E-state index contributed by atoms with van der Waals surface area (Å²) < 4.78 is 5.52. The molecule has 0 fully saturated rings. The van der Waals surface area contributed by atoms with Crippen LogP contribution in [0.25, 0.3) is 0 Å². The molecule has 0 aliphatic heterocycles. The van der Waals surface area contributed by atoms with Gasteiger partial charge in [-0.15, -0.1) is 6.58 Å². The molecule has 0 spiro atoms. The van der Waals surface area contributed by atoms with Crippen LogP contribution in [-0.2, 0) is 0 Å². The molecule has 88 valence electrons. The van der Waals surface area contributed by atoms with Crippen LogP contribution in [0.2, 0.25) is 0 Å². The molecule has 1 heterocycles. The molecular formula is C13H20N2O. The number of hydrogen-bond donors (Lipinski definition) is 1. The highest BCUT2D eigenvalue weighted by molar-refractivity contribution is 5.24. The minimum absolute atomic E-state index is 0.0156. The molecule has 0 saturated heterocycles. The van der Waals surface area contributed by atoms with Gasteiger partial charge in [0.1, 0.15) is 5.75 Å². The Kier molecular flexibility index (Phi) is 4.50. The van der Waals surface area contributed by atoms with Gasteiger partial charge in [0.2, 0.25) is 0 Å². The summed E-state index contributed by atoms with van der Waals surface area (Å²) in [6, 6.07) is 3.87. The third-order valence-corrected chi connectivity index (χ3v) is 2.29. The lowest BCUT2D eigenvalue weighted by Crippen LogP contribution is -2.23. The van der Waals surface area contributed by atoms with Gasteiger partial charge in [0, 0.05) is 17.7 Å². The second kappa shape index (κ2) is 5.66. The van der Waals surface area contributed by atoms with Crippen LogP contribution in [0.1, 0.15) is 32.4 Å². The molecule has 0 radical (unpaired) electrons. The van der Waals surface area contributed by atoms with Crippen molar-refractivity contribution in [1.29, 1.82) is 0 Å². The summed E-state index contributed by atoms with van der Waals surface area (Å²) in [5.74, 6) is 0.874. The second-order valence-corrected chi connectivity index (χ2v) is 4.21. The van der Waals surface area contributed by atoms with E-state index < -0.39 is 0 Å². The van der Waals surface area contributed by atoms with Crippen LogP contribution in [0.5, 0.6) is 5.75 Å². The van der Waals surface area contributed by atoms with Gasteiger partial charge in [-0.3, -0.25) is 4.98 Å². The maximum atomic E-state index is 5.86. The first-order chi connectivity index (χ1) is 7.54. The van der Waals surface area contributed by atoms with Crippen LogP contribution in [0, 0.1) is 0 Å². The fourth-order valence-corrected chi connectivity index (χ4v) is 1.54. The number of rotatable bonds is 5. The first-order valence-corrected chi connectivity index (χ1v) is 5.55. The Morgan fingerprint density at radius 2 is 2.06 bits per heavy atom. The van der Waals surface area contributed by atoms with Gasteiger partial charge in [-0.1, -0.05) is 6.08 Å². The summed E-state index contributed by atoms with van der Waals surface area (Å²) in [6.07, 6.45) is 3.72. The first kappa shape index (κ1) is 12.7. The third kappa shape index (κ3) is 3.35. The Labute approximate surface area is 97.3 Å². The van der Waals surface area contributed by atoms with Crippen LogP contribution >= 0.6 is 0 Å². The largest absolute Gasteiger partial charge is 0.489 e. The van der Waals surface area contributed by atoms with E-state index in [1.165, 1.54) is 0 Å². The average Bonchev–Trinajstić information content (AvgIpc) is 2.20. The molecule has 0 aromatic carbocycles. The summed E-state index contributed by atoms with van der Waals surface area (Å²) in [4.78, 5) is 4.35. The maximum Gasteiger partial charge on any atom is 0.137 e. The monoisotopic (exact) mass is 220 g/mol. The lowest BCUT2D eigenvalue weighted by atomic mass is 9.98. The highest BCUT2D eigenvalue weighted by Crippen LogP contribution is 2.20. The molecule has 16 heavy (non-hydrogen) atoms. The van der Waals surface area contributed by atoms with Gasteiger partial charge < -0.3 is 10.5 Å². The molecule has 1 aromatic heterocycles. The zero-order chi connectivity index (χ0) is 12.1. The Morgan fingerprint density at radius 1 is 1.38 bits per heavy atom. The van der Waals surface area contributed by atoms with Gasteiger partial charge in [-0.2, -0.15) is 0 Å². The minimum atomic E-state index is 0.0156. The van der Waals surface area contributed by atoms with Crippen molar-refractivity contribution >= 4 is 0 Å². The molecule has 2 unspecified atom stereocenters. The summed E-state index contributed by atoms with van der Waals surface area (Å²) in [5.41, 5.74) is 6.79. The zero-order valence-electron chi connectivity index (χ0n) is 10.2. The predicted octanol–water partition coefficient (Wildman–Crippen LogP) is 2.49. The third-order valence-electron chi connectivity index (χ3n) is 2.29. The Hall–Kier alpha value is -1.35. The molecule has 2 N–H and O–H groups in total. The highest BCUT2D eigenvalue weighted by atomic mass is 16.5. The quantitative estimate of drug-likeness (QED) is 0.775. The lowest BCUT2D eigenvalue weighted by Gasteiger charge is -2.16. The molecule has 3 nitrogen and oxygen atoms in total. The molecule has 1 rings (SSSR count). The van der Waals surface area contributed by atoms with Crippen molar-refractivity contribution in [1.82, 2.24) is 4.98 Å². The molecule has 2 atom stereocenters. The number of hydrogen-bond acceptors (Lipinski definition) is 3. The van der Waals surface area contributed by atoms with Gasteiger partial charge in [-0.05, 0) is 32.9 Å². The van der Waals surface area contributed by atoms with Gasteiger partial charge >= 0.3 is 0 Å². The van der Waals surface area contributed by atoms with Crippen LogP contribution in [0.15, 0.2) is 31.0 Å². The summed E-state index contributed by atoms with van der Waals surface area (Å²) in [7, 11) is 0. The van der Waals surface area contributed by atoms with Gasteiger partial charge in [-0.25, -0.2) is 0 Å². The fraction of sp³-hybridized carbons (Fsp3) is 0.462.